The molecular weight excluding hydrogens is 568 g/mol. The maximum atomic E-state index is 11.5. The van der Waals surface area contributed by atoms with Crippen molar-refractivity contribution in [3.63, 3.8) is 0 Å². The summed E-state index contributed by atoms with van der Waals surface area (Å²) in [6, 6.07) is 7.80. The molecule has 0 radical (unpaired) electrons. The maximum Gasteiger partial charge on any atom is 2.00 e. The Hall–Kier alpha value is -4.26. The van der Waals surface area contributed by atoms with E-state index < -0.39 is 5.97 Å². The van der Waals surface area contributed by atoms with Crippen molar-refractivity contribution in [2.75, 3.05) is 0 Å². The molecule has 0 amide bonds. The zero-order valence-corrected chi connectivity index (χ0v) is 25.3. The van der Waals surface area contributed by atoms with Crippen LogP contribution < -0.4 is 9.97 Å². The largest absolute Gasteiger partial charge is 2.00 e. The van der Waals surface area contributed by atoms with Crippen LogP contribution >= 0.6 is 0 Å². The van der Waals surface area contributed by atoms with Gasteiger partial charge in [0.05, 0.1) is 22.8 Å². The standard InChI is InChI=1S/C34H33N4O3.Fe/c1-7-22-18(3)26-14-27-20(5)24(10-9-13-39)32(37-27)17-33-25(11-12-34(40)41)21(6)29(38-33)16-31-23(8-2)19(4)28(36-31)15-30(22)35-26;/h7-8,13-17H,1-2,9-12H2,3-6H3,(H2-,35,36,37,38,40,41);/q-1;+2/p-1. The van der Waals surface area contributed by atoms with Gasteiger partial charge in [0.25, 0.3) is 0 Å². The van der Waals surface area contributed by atoms with Gasteiger partial charge in [-0.05, 0) is 62.8 Å². The van der Waals surface area contributed by atoms with Crippen LogP contribution in [0.3, 0.4) is 0 Å². The molecule has 0 saturated carbocycles. The van der Waals surface area contributed by atoms with Gasteiger partial charge in [0.2, 0.25) is 0 Å². The minimum absolute atomic E-state index is 0. The summed E-state index contributed by atoms with van der Waals surface area (Å²) in [6.45, 7) is 16.1. The summed E-state index contributed by atoms with van der Waals surface area (Å²) >= 11 is 0. The number of carboxylic acid groups (broad SMARTS) is 1. The fraction of sp³-hybridized carbons (Fsp3) is 0.235. The first-order chi connectivity index (χ1) is 19.7. The number of nitrogens with zero attached hydrogens (tertiary/aromatic N) is 4. The van der Waals surface area contributed by atoms with Gasteiger partial charge in [0.15, 0.2) is 0 Å². The van der Waals surface area contributed by atoms with Crippen molar-refractivity contribution in [3.8, 4) is 0 Å². The van der Waals surface area contributed by atoms with Crippen LogP contribution in [0.2, 0.25) is 0 Å². The van der Waals surface area contributed by atoms with Crippen molar-refractivity contribution < 1.29 is 31.8 Å². The van der Waals surface area contributed by atoms with E-state index in [0.717, 1.165) is 90.0 Å². The van der Waals surface area contributed by atoms with E-state index >= 15 is 0 Å². The molecule has 0 unspecified atom stereocenters. The Bertz CT molecular complexity index is 1870. The van der Waals surface area contributed by atoms with E-state index in [4.69, 9.17) is 19.9 Å². The topological polar surface area (TPSA) is 108 Å². The Kier molecular flexibility index (Phi) is 9.00. The number of allylic oxidation sites excluding steroid dienone is 5. The molecule has 3 aromatic heterocycles. The van der Waals surface area contributed by atoms with Crippen LogP contribution in [0.25, 0.3) is 50.4 Å². The molecule has 8 bridgehead atoms. The zero-order valence-electron chi connectivity index (χ0n) is 24.2. The van der Waals surface area contributed by atoms with Crippen LogP contribution in [-0.4, -0.2) is 27.3 Å². The quantitative estimate of drug-likeness (QED) is 0.222. The number of aliphatic carboxylic acids is 1. The monoisotopic (exact) mass is 600 g/mol. The molecule has 3 aromatic rings. The van der Waals surface area contributed by atoms with Gasteiger partial charge in [0.1, 0.15) is 6.29 Å². The van der Waals surface area contributed by atoms with Gasteiger partial charge in [0, 0.05) is 18.4 Å². The summed E-state index contributed by atoms with van der Waals surface area (Å²) in [5.74, 6) is -0.871. The number of carbonyl (C=O) groups is 2. The number of aromatic nitrogens is 4. The number of aryl methyl sites for hydroxylation is 3. The van der Waals surface area contributed by atoms with Gasteiger partial charge in [-0.15, -0.1) is 22.1 Å². The van der Waals surface area contributed by atoms with E-state index in [0.29, 0.717) is 25.0 Å². The predicted molar refractivity (Wildman–Crippen MR) is 165 cm³/mol. The third-order valence-corrected chi connectivity index (χ3v) is 7.99. The Balaban J connectivity index is 0.00000405. The molecule has 0 fully saturated rings. The third kappa shape index (κ3) is 5.48. The zero-order chi connectivity index (χ0) is 29.4. The minimum atomic E-state index is -0.871. The molecule has 0 aliphatic carbocycles. The first kappa shape index (κ1) is 30.7. The van der Waals surface area contributed by atoms with Crippen LogP contribution in [0.15, 0.2) is 43.5 Å². The van der Waals surface area contributed by atoms with Crippen molar-refractivity contribution in [1.82, 2.24) is 19.9 Å². The second kappa shape index (κ2) is 12.3. The average Bonchev–Trinajstić information content (AvgIpc) is 3.59. The summed E-state index contributed by atoms with van der Waals surface area (Å²) in [7, 11) is 0. The molecule has 0 aromatic carbocycles. The molecule has 2 aliphatic heterocycles. The number of carbonyl (C=O) groups excluding carboxylic acids is 1. The summed E-state index contributed by atoms with van der Waals surface area (Å²) < 4.78 is 0. The molecule has 7 nitrogen and oxygen atoms in total. The van der Waals surface area contributed by atoms with Gasteiger partial charge in [-0.1, -0.05) is 66.3 Å². The Morgan fingerprint density at radius 1 is 0.810 bits per heavy atom. The molecule has 0 spiro atoms. The summed E-state index contributed by atoms with van der Waals surface area (Å²) in [4.78, 5) is 42.7. The average molecular weight is 601 g/mol. The number of rotatable bonds is 8. The fourth-order valence-electron chi connectivity index (χ4n) is 5.58. The minimum Gasteiger partial charge on any atom is -0.657 e. The SMILES string of the molecule is C=CC1=C(C)c2cc3[n-]c(cc4nc(cc5[n-]c(cc1n2)c(C)c5C=C)C(C)=C4CCC(=O)O)c(CCC=O)c3C.[Fe+2]. The molecule has 5 heterocycles. The Morgan fingerprint density at radius 2 is 1.40 bits per heavy atom. The fourth-order valence-corrected chi connectivity index (χ4v) is 5.58. The molecule has 0 atom stereocenters. The number of fused-ring (bicyclic) bond motifs is 8. The van der Waals surface area contributed by atoms with Crippen molar-refractivity contribution in [2.24, 2.45) is 0 Å². The molecule has 2 aliphatic rings. The molecule has 1 N–H and O–H groups in total. The summed E-state index contributed by atoms with van der Waals surface area (Å²) in [5, 5.41) is 9.44. The number of hydrogen-bond donors (Lipinski definition) is 1. The van der Waals surface area contributed by atoms with Crippen molar-refractivity contribution >= 4 is 62.7 Å². The second-order valence-electron chi connectivity index (χ2n) is 10.4. The number of carboxylic acids is 1. The van der Waals surface area contributed by atoms with Gasteiger partial charge >= 0.3 is 23.0 Å². The molecule has 214 valence electrons. The van der Waals surface area contributed by atoms with Crippen LogP contribution in [0.4, 0.5) is 0 Å². The van der Waals surface area contributed by atoms with Gasteiger partial charge in [-0.25, -0.2) is 9.97 Å². The van der Waals surface area contributed by atoms with E-state index in [-0.39, 0.29) is 23.5 Å². The molecule has 42 heavy (non-hydrogen) atoms. The Labute approximate surface area is 255 Å². The van der Waals surface area contributed by atoms with Crippen LogP contribution in [0, 0.1) is 13.8 Å². The molecule has 8 heteroatoms. The molecule has 5 rings (SSSR count). The second-order valence-corrected chi connectivity index (χ2v) is 10.4. The van der Waals surface area contributed by atoms with Gasteiger partial charge in [-0.2, -0.15) is 0 Å². The smallest absolute Gasteiger partial charge is 0.657 e. The number of hydrogen-bond acceptors (Lipinski definition) is 4. The van der Waals surface area contributed by atoms with Crippen molar-refractivity contribution in [2.45, 2.75) is 53.4 Å². The first-order valence-electron chi connectivity index (χ1n) is 13.6. The van der Waals surface area contributed by atoms with E-state index in [1.165, 1.54) is 0 Å². The third-order valence-electron chi connectivity index (χ3n) is 7.99. The summed E-state index contributed by atoms with van der Waals surface area (Å²) in [5.41, 5.74) is 13.5. The Morgan fingerprint density at radius 3 is 2.07 bits per heavy atom. The van der Waals surface area contributed by atoms with E-state index in [2.05, 4.69) is 13.2 Å². The molecular formula is C34H32FeN4O3. The predicted octanol–water partition coefficient (Wildman–Crippen LogP) is 6.87. The van der Waals surface area contributed by atoms with Crippen LogP contribution in [0.1, 0.15) is 78.1 Å². The normalized spacial score (nSPS) is 12.8. The van der Waals surface area contributed by atoms with Crippen molar-refractivity contribution in [3.05, 3.63) is 88.5 Å². The van der Waals surface area contributed by atoms with E-state index in [1.807, 2.05) is 58.0 Å². The molecule has 0 saturated heterocycles. The van der Waals surface area contributed by atoms with Crippen LogP contribution in [-0.2, 0) is 33.1 Å². The van der Waals surface area contributed by atoms with Gasteiger partial charge in [-0.3, -0.25) is 4.79 Å². The summed E-state index contributed by atoms with van der Waals surface area (Å²) in [6.07, 6.45) is 5.75. The van der Waals surface area contributed by atoms with Gasteiger partial charge < -0.3 is 19.9 Å². The van der Waals surface area contributed by atoms with E-state index in [1.54, 1.807) is 6.08 Å². The van der Waals surface area contributed by atoms with Crippen molar-refractivity contribution in [1.29, 1.82) is 0 Å². The number of aldehydes is 1. The van der Waals surface area contributed by atoms with E-state index in [9.17, 15) is 14.7 Å². The maximum absolute atomic E-state index is 11.5. The first-order valence-corrected chi connectivity index (χ1v) is 13.6. The van der Waals surface area contributed by atoms with Crippen LogP contribution in [0.5, 0.6) is 0 Å².